The lowest BCUT2D eigenvalue weighted by atomic mass is 10.2. The molecule has 0 radical (unpaired) electrons. The molecule has 0 aromatic carbocycles. The molecule has 108 valence electrons. The fourth-order valence-corrected chi connectivity index (χ4v) is 3.20. The molecule has 0 saturated heterocycles. The number of nitrogens with zero attached hydrogens (tertiary/aromatic N) is 1. The molecule has 0 fully saturated rings. The first-order chi connectivity index (χ1) is 9.18. The van der Waals surface area contributed by atoms with Gasteiger partial charge in [-0.05, 0) is 26.3 Å². The summed E-state index contributed by atoms with van der Waals surface area (Å²) in [6.07, 6.45) is 8.33. The molecule has 0 atom stereocenters. The van der Waals surface area contributed by atoms with Crippen LogP contribution in [0.4, 0.5) is 0 Å². The molecule has 0 saturated carbocycles. The highest BCUT2D eigenvalue weighted by Gasteiger charge is 2.31. The first kappa shape index (κ1) is 16.2. The number of rotatable bonds is 9. The molecular weight excluding hydrogens is 265 g/mol. The van der Waals surface area contributed by atoms with Gasteiger partial charge >= 0.3 is 7.60 Å². The van der Waals surface area contributed by atoms with Crippen molar-refractivity contribution in [1.29, 1.82) is 0 Å². The Morgan fingerprint density at radius 2 is 2.00 bits per heavy atom. The van der Waals surface area contributed by atoms with Crippen molar-refractivity contribution in [3.63, 3.8) is 0 Å². The van der Waals surface area contributed by atoms with Crippen molar-refractivity contribution in [3.05, 3.63) is 18.0 Å². The van der Waals surface area contributed by atoms with E-state index in [9.17, 15) is 4.57 Å². The van der Waals surface area contributed by atoms with E-state index in [2.05, 4.69) is 12.1 Å². The van der Waals surface area contributed by atoms with E-state index < -0.39 is 7.60 Å². The van der Waals surface area contributed by atoms with Gasteiger partial charge in [-0.3, -0.25) is 4.57 Å². The largest absolute Gasteiger partial charge is 0.366 e. The van der Waals surface area contributed by atoms with Crippen LogP contribution in [0.15, 0.2) is 16.9 Å². The normalized spacial score (nSPS) is 12.4. The van der Waals surface area contributed by atoms with Crippen LogP contribution in [0.25, 0.3) is 6.08 Å². The van der Waals surface area contributed by atoms with Crippen molar-refractivity contribution in [3.8, 4) is 0 Å². The zero-order chi connectivity index (χ0) is 14.1. The van der Waals surface area contributed by atoms with Crippen LogP contribution in [0.1, 0.15) is 45.7 Å². The lowest BCUT2D eigenvalue weighted by Crippen LogP contribution is -2.11. The number of aromatic nitrogens is 1. The third-order valence-electron chi connectivity index (χ3n) is 2.47. The van der Waals surface area contributed by atoms with Crippen molar-refractivity contribution in [2.45, 2.75) is 40.0 Å². The van der Waals surface area contributed by atoms with Gasteiger partial charge in [0.25, 0.3) is 0 Å². The molecule has 0 bridgehead atoms. The lowest BCUT2D eigenvalue weighted by molar-refractivity contribution is 0.229. The molecule has 6 heteroatoms. The Morgan fingerprint density at radius 1 is 1.32 bits per heavy atom. The quantitative estimate of drug-likeness (QED) is 0.511. The van der Waals surface area contributed by atoms with Crippen LogP contribution in [0.2, 0.25) is 0 Å². The highest BCUT2D eigenvalue weighted by Crippen LogP contribution is 2.47. The van der Waals surface area contributed by atoms with Gasteiger partial charge in [-0.2, -0.15) is 0 Å². The summed E-state index contributed by atoms with van der Waals surface area (Å²) in [4.78, 5) is 0. The molecule has 0 aliphatic carbocycles. The molecule has 1 aromatic rings. The molecule has 5 nitrogen and oxygen atoms in total. The number of unbranched alkanes of at least 4 members (excludes halogenated alkanes) is 2. The van der Waals surface area contributed by atoms with E-state index in [0.29, 0.717) is 24.2 Å². The van der Waals surface area contributed by atoms with Gasteiger partial charge < -0.3 is 13.6 Å². The fourth-order valence-electron chi connectivity index (χ4n) is 1.59. The highest BCUT2D eigenvalue weighted by molar-refractivity contribution is 7.62. The Morgan fingerprint density at radius 3 is 2.58 bits per heavy atom. The molecular formula is C13H22NO4P. The van der Waals surface area contributed by atoms with E-state index in [1.54, 1.807) is 19.9 Å². The Hall–Kier alpha value is -0.900. The fraction of sp³-hybridized carbons (Fsp3) is 0.615. The van der Waals surface area contributed by atoms with E-state index in [4.69, 9.17) is 13.6 Å². The second kappa shape index (κ2) is 8.31. The van der Waals surface area contributed by atoms with Crippen molar-refractivity contribution in [2.75, 3.05) is 13.2 Å². The maximum atomic E-state index is 12.6. The van der Waals surface area contributed by atoms with E-state index >= 15 is 0 Å². The predicted octanol–water partition coefficient (Wildman–Crippen LogP) is 3.77. The smallest absolute Gasteiger partial charge is 0.363 e. The lowest BCUT2D eigenvalue weighted by Gasteiger charge is -2.15. The molecule has 1 aromatic heterocycles. The van der Waals surface area contributed by atoms with Gasteiger partial charge in [0.1, 0.15) is 17.3 Å². The average molecular weight is 287 g/mol. The third kappa shape index (κ3) is 4.60. The van der Waals surface area contributed by atoms with E-state index in [0.717, 1.165) is 19.3 Å². The molecule has 19 heavy (non-hydrogen) atoms. The minimum atomic E-state index is -3.32. The first-order valence-electron chi connectivity index (χ1n) is 6.68. The van der Waals surface area contributed by atoms with Crippen LogP contribution in [-0.4, -0.2) is 18.4 Å². The van der Waals surface area contributed by atoms with Crippen molar-refractivity contribution in [1.82, 2.24) is 5.16 Å². The standard InChI is InChI=1S/C13H22NO4P/c1-4-7-8-9-10-12-13(11-16-14-12)19(15,17-5-2)18-6-3/h9-11H,4-8H2,1-3H3/b10-9+. The van der Waals surface area contributed by atoms with Crippen LogP contribution < -0.4 is 5.30 Å². The van der Waals surface area contributed by atoms with E-state index in [-0.39, 0.29) is 0 Å². The molecule has 1 heterocycles. The maximum Gasteiger partial charge on any atom is 0.366 e. The summed E-state index contributed by atoms with van der Waals surface area (Å²) in [6.45, 7) is 6.29. The second-order valence-electron chi connectivity index (χ2n) is 3.96. The van der Waals surface area contributed by atoms with Gasteiger partial charge in [0.15, 0.2) is 0 Å². The van der Waals surface area contributed by atoms with E-state index in [1.165, 1.54) is 6.26 Å². The summed E-state index contributed by atoms with van der Waals surface area (Å²) < 4.78 is 28.1. The van der Waals surface area contributed by atoms with Crippen molar-refractivity contribution in [2.24, 2.45) is 0 Å². The minimum Gasteiger partial charge on any atom is -0.363 e. The Kier molecular flexibility index (Phi) is 7.06. The van der Waals surface area contributed by atoms with E-state index in [1.807, 2.05) is 6.08 Å². The summed E-state index contributed by atoms with van der Waals surface area (Å²) in [7, 11) is -3.32. The summed E-state index contributed by atoms with van der Waals surface area (Å²) in [5, 5.41) is 4.24. The highest BCUT2D eigenvalue weighted by atomic mass is 31.2. The van der Waals surface area contributed by atoms with Crippen LogP contribution >= 0.6 is 7.60 Å². The molecule has 0 N–H and O–H groups in total. The molecule has 0 spiro atoms. The number of hydrogen-bond acceptors (Lipinski definition) is 5. The summed E-state index contributed by atoms with van der Waals surface area (Å²) >= 11 is 0. The topological polar surface area (TPSA) is 61.6 Å². The minimum absolute atomic E-state index is 0.307. The monoisotopic (exact) mass is 287 g/mol. The zero-order valence-electron chi connectivity index (χ0n) is 11.8. The first-order valence-corrected chi connectivity index (χ1v) is 8.22. The summed E-state index contributed by atoms with van der Waals surface area (Å²) in [5.74, 6) is 0. The van der Waals surface area contributed by atoms with Crippen LogP contribution in [0.5, 0.6) is 0 Å². The van der Waals surface area contributed by atoms with Gasteiger partial charge in [-0.15, -0.1) is 0 Å². The summed E-state index contributed by atoms with van der Waals surface area (Å²) in [5.41, 5.74) is 0.515. The molecule has 0 aliphatic heterocycles. The number of allylic oxidation sites excluding steroid dienone is 1. The van der Waals surface area contributed by atoms with Crippen molar-refractivity contribution >= 4 is 19.0 Å². The Bertz CT molecular complexity index is 432. The van der Waals surface area contributed by atoms with Gasteiger partial charge in [-0.1, -0.05) is 31.0 Å². The SMILES string of the molecule is CCCC/C=C/c1nocc1P(=O)(OCC)OCC. The predicted molar refractivity (Wildman–Crippen MR) is 75.6 cm³/mol. The molecule has 1 rings (SSSR count). The maximum absolute atomic E-state index is 12.6. The molecule has 0 amide bonds. The van der Waals surface area contributed by atoms with Gasteiger partial charge in [0.2, 0.25) is 0 Å². The summed E-state index contributed by atoms with van der Waals surface area (Å²) in [6, 6.07) is 0. The number of hydrogen-bond donors (Lipinski definition) is 0. The van der Waals surface area contributed by atoms with Crippen LogP contribution in [-0.2, 0) is 13.6 Å². The third-order valence-corrected chi connectivity index (χ3v) is 4.59. The van der Waals surface area contributed by atoms with Gasteiger partial charge in [0.05, 0.1) is 13.2 Å². The molecule has 0 aliphatic rings. The zero-order valence-corrected chi connectivity index (χ0v) is 12.7. The van der Waals surface area contributed by atoms with Gasteiger partial charge in [-0.25, -0.2) is 0 Å². The van der Waals surface area contributed by atoms with Crippen molar-refractivity contribution < 1.29 is 18.1 Å². The molecule has 0 unspecified atom stereocenters. The van der Waals surface area contributed by atoms with Gasteiger partial charge in [0, 0.05) is 0 Å². The van der Waals surface area contributed by atoms with Crippen LogP contribution in [0.3, 0.4) is 0 Å². The average Bonchev–Trinajstić information content (AvgIpc) is 2.84. The Labute approximate surface area is 114 Å². The Balaban J connectivity index is 2.90. The van der Waals surface area contributed by atoms with Crippen LogP contribution in [0, 0.1) is 0 Å². The second-order valence-corrected chi connectivity index (χ2v) is 5.96.